The van der Waals surface area contributed by atoms with Gasteiger partial charge in [-0.05, 0) is 80.5 Å². The summed E-state index contributed by atoms with van der Waals surface area (Å²) in [5.41, 5.74) is 1.69. The highest BCUT2D eigenvalue weighted by atomic mass is 32.2. The van der Waals surface area contributed by atoms with Crippen LogP contribution in [0.3, 0.4) is 0 Å². The third kappa shape index (κ3) is 3.66. The number of hydrogen-bond donors (Lipinski definition) is 0. The summed E-state index contributed by atoms with van der Waals surface area (Å²) in [5, 5.41) is 9.31. The zero-order valence-corrected chi connectivity index (χ0v) is 21.4. The van der Waals surface area contributed by atoms with Gasteiger partial charge in [-0.3, -0.25) is 14.8 Å². The highest BCUT2D eigenvalue weighted by Crippen LogP contribution is 2.58. The average molecular weight is 479 g/mol. The number of nitrogens with zero attached hydrogens (tertiary/aromatic N) is 4. The van der Waals surface area contributed by atoms with Gasteiger partial charge in [-0.25, -0.2) is 0 Å². The van der Waals surface area contributed by atoms with Gasteiger partial charge in [-0.15, -0.1) is 0 Å². The normalized spacial score (nSPS) is 38.8. The first-order valence-corrected chi connectivity index (χ1v) is 14.2. The topological polar surface area (TPSA) is 42.6 Å². The minimum absolute atomic E-state index is 0.105. The molecule has 7 rings (SSSR count). The molecule has 0 aromatic heterocycles. The van der Waals surface area contributed by atoms with Crippen molar-refractivity contribution in [1.82, 2.24) is 4.90 Å². The molecule has 33 heavy (non-hydrogen) atoms. The van der Waals surface area contributed by atoms with Crippen LogP contribution in [0, 0.1) is 34.5 Å². The summed E-state index contributed by atoms with van der Waals surface area (Å²) in [6, 6.07) is 10.4. The van der Waals surface area contributed by atoms with Crippen LogP contribution >= 0.6 is 24.0 Å². The molecule has 6 fully saturated rings. The molecular formula is C27H34N4S2. The average Bonchev–Trinajstić information content (AvgIpc) is 2.98. The highest BCUT2D eigenvalue weighted by Gasteiger charge is 2.56. The second kappa shape index (κ2) is 8.07. The lowest BCUT2D eigenvalue weighted by molar-refractivity contribution is 0.00121. The molecule has 4 aliphatic carbocycles. The second-order valence-electron chi connectivity index (χ2n) is 11.7. The molecule has 0 unspecified atom stereocenters. The molecule has 0 spiro atoms. The van der Waals surface area contributed by atoms with Gasteiger partial charge >= 0.3 is 0 Å². The van der Waals surface area contributed by atoms with Crippen molar-refractivity contribution < 1.29 is 0 Å². The Hall–Kier alpha value is -1.42. The molecule has 4 bridgehead atoms. The lowest BCUT2D eigenvalue weighted by Crippen LogP contribution is -2.54. The van der Waals surface area contributed by atoms with Crippen LogP contribution in [-0.4, -0.2) is 51.9 Å². The third-order valence-corrected chi connectivity index (χ3v) is 10.6. The molecule has 1 aromatic carbocycles. The summed E-state index contributed by atoms with van der Waals surface area (Å²) in [7, 11) is 0. The Morgan fingerprint density at radius 2 is 1.58 bits per heavy atom. The number of rotatable bonds is 3. The van der Waals surface area contributed by atoms with Crippen LogP contribution in [0.1, 0.15) is 57.9 Å². The predicted molar refractivity (Wildman–Crippen MR) is 141 cm³/mol. The van der Waals surface area contributed by atoms with E-state index in [1.165, 1.54) is 55.9 Å². The van der Waals surface area contributed by atoms with Crippen molar-refractivity contribution in [3.05, 3.63) is 29.8 Å². The van der Waals surface area contributed by atoms with Crippen LogP contribution in [0.25, 0.3) is 0 Å². The fraction of sp³-hybridized carbons (Fsp3) is 0.667. The first-order valence-electron chi connectivity index (χ1n) is 12.6. The van der Waals surface area contributed by atoms with E-state index in [4.69, 9.17) is 17.2 Å². The molecule has 1 atom stereocenters. The van der Waals surface area contributed by atoms with E-state index in [2.05, 4.69) is 53.6 Å². The third-order valence-electron chi connectivity index (χ3n) is 8.93. The van der Waals surface area contributed by atoms with Gasteiger partial charge in [-0.1, -0.05) is 26.1 Å². The van der Waals surface area contributed by atoms with E-state index < -0.39 is 0 Å². The van der Waals surface area contributed by atoms with E-state index in [-0.39, 0.29) is 17.0 Å². The van der Waals surface area contributed by atoms with Crippen molar-refractivity contribution in [3.63, 3.8) is 0 Å². The first kappa shape index (κ1) is 22.1. The van der Waals surface area contributed by atoms with Gasteiger partial charge in [0, 0.05) is 35.7 Å². The van der Waals surface area contributed by atoms with Gasteiger partial charge in [0.2, 0.25) is 0 Å². The number of thiocarbonyl (C=S) groups is 1. The lowest BCUT2D eigenvalue weighted by Gasteiger charge is -2.55. The number of anilines is 1. The number of hydrogen-bond acceptors (Lipinski definition) is 5. The van der Waals surface area contributed by atoms with Gasteiger partial charge in [0.15, 0.2) is 0 Å². The molecule has 1 aromatic rings. The fourth-order valence-corrected chi connectivity index (χ4v) is 9.14. The Bertz CT molecular complexity index is 980. The van der Waals surface area contributed by atoms with Crippen molar-refractivity contribution in [2.24, 2.45) is 28.2 Å². The van der Waals surface area contributed by atoms with E-state index in [1.54, 1.807) is 0 Å². The number of benzene rings is 1. The van der Waals surface area contributed by atoms with Gasteiger partial charge in [-0.2, -0.15) is 17.0 Å². The minimum Gasteiger partial charge on any atom is -0.291 e. The van der Waals surface area contributed by atoms with Gasteiger partial charge in [0.25, 0.3) is 0 Å². The Balaban J connectivity index is 1.47. The number of aliphatic imine (C=N–C) groups is 1. The van der Waals surface area contributed by atoms with Crippen LogP contribution in [0.15, 0.2) is 29.3 Å². The van der Waals surface area contributed by atoms with Crippen molar-refractivity contribution in [3.8, 4) is 6.07 Å². The Morgan fingerprint density at radius 3 is 2.12 bits per heavy atom. The zero-order chi connectivity index (χ0) is 22.8. The molecule has 0 amide bonds. The highest BCUT2D eigenvalue weighted by molar-refractivity contribution is 7.99. The van der Waals surface area contributed by atoms with Crippen LogP contribution in [-0.2, 0) is 0 Å². The molecule has 0 radical (unpaired) electrons. The zero-order valence-electron chi connectivity index (χ0n) is 19.8. The smallest absolute Gasteiger partial charge is 0.127 e. The molecule has 0 N–H and O–H groups in total. The number of nitriles is 1. The second-order valence-corrected chi connectivity index (χ2v) is 13.3. The van der Waals surface area contributed by atoms with E-state index in [9.17, 15) is 5.26 Å². The fourth-order valence-electron chi connectivity index (χ4n) is 7.90. The SMILES string of the molecule is CC1(C)C(=S)N(c2ccc(C#N)cc2)C(=NC23CC4CC(CC(C4)C2)C3)[C@H]1N1CCSCC1. The lowest BCUT2D eigenvalue weighted by atomic mass is 9.53. The van der Waals surface area contributed by atoms with Crippen LogP contribution < -0.4 is 4.90 Å². The number of amidine groups is 1. The Morgan fingerprint density at radius 1 is 1.00 bits per heavy atom. The molecule has 4 saturated carbocycles. The molecule has 6 heteroatoms. The van der Waals surface area contributed by atoms with E-state index in [0.29, 0.717) is 5.56 Å². The van der Waals surface area contributed by atoms with Gasteiger partial charge in [0.1, 0.15) is 5.84 Å². The maximum atomic E-state index is 9.31. The summed E-state index contributed by atoms with van der Waals surface area (Å²) in [5.74, 6) is 6.16. The van der Waals surface area contributed by atoms with Crippen molar-refractivity contribution >= 4 is 40.5 Å². The molecule has 2 aliphatic heterocycles. The monoisotopic (exact) mass is 478 g/mol. The molecular weight excluding hydrogens is 444 g/mol. The Kier molecular flexibility index (Phi) is 5.40. The van der Waals surface area contributed by atoms with E-state index in [1.807, 2.05) is 12.1 Å². The molecule has 174 valence electrons. The molecule has 2 heterocycles. The van der Waals surface area contributed by atoms with Crippen LogP contribution in [0.5, 0.6) is 0 Å². The van der Waals surface area contributed by atoms with Gasteiger partial charge < -0.3 is 0 Å². The summed E-state index contributed by atoms with van der Waals surface area (Å²) in [6.07, 6.45) is 8.08. The van der Waals surface area contributed by atoms with Crippen LogP contribution in [0.4, 0.5) is 5.69 Å². The van der Waals surface area contributed by atoms with E-state index >= 15 is 0 Å². The van der Waals surface area contributed by atoms with Gasteiger partial charge in [0.05, 0.1) is 28.2 Å². The van der Waals surface area contributed by atoms with Crippen molar-refractivity contribution in [2.75, 3.05) is 29.5 Å². The summed E-state index contributed by atoms with van der Waals surface area (Å²) >= 11 is 8.26. The first-order chi connectivity index (χ1) is 15.9. The standard InChI is InChI=1S/C27H34N4S2/c1-26(2)23(30-7-9-33-10-8-30)24(31(25(26)32)22-5-3-18(17-28)4-6-22)29-27-14-19-11-20(15-27)13-21(12-19)16-27/h3-6,19-21,23H,7-16H2,1-2H3/t19?,20?,21?,23-,27?/m1/s1. The molecule has 4 nitrogen and oxygen atoms in total. The Labute approximate surface area is 207 Å². The van der Waals surface area contributed by atoms with Crippen molar-refractivity contribution in [1.29, 1.82) is 5.26 Å². The number of thioether (sulfide) groups is 1. The summed E-state index contributed by atoms with van der Waals surface area (Å²) in [6.45, 7) is 6.84. The predicted octanol–water partition coefficient (Wildman–Crippen LogP) is 5.52. The summed E-state index contributed by atoms with van der Waals surface area (Å²) < 4.78 is 0. The minimum atomic E-state index is -0.160. The van der Waals surface area contributed by atoms with Crippen LogP contribution in [0.2, 0.25) is 0 Å². The largest absolute Gasteiger partial charge is 0.291 e. The van der Waals surface area contributed by atoms with Crippen molar-refractivity contribution in [2.45, 2.75) is 64.0 Å². The maximum absolute atomic E-state index is 9.31. The summed E-state index contributed by atoms with van der Waals surface area (Å²) in [4.78, 5) is 11.7. The molecule has 2 saturated heterocycles. The molecule has 6 aliphatic rings. The van der Waals surface area contributed by atoms with E-state index in [0.717, 1.165) is 41.5 Å². The maximum Gasteiger partial charge on any atom is 0.127 e. The quantitative estimate of drug-likeness (QED) is 0.536.